The van der Waals surface area contributed by atoms with Crippen LogP contribution >= 0.6 is 0 Å². The van der Waals surface area contributed by atoms with Gasteiger partial charge in [-0.25, -0.2) is 9.59 Å². The van der Waals surface area contributed by atoms with Gasteiger partial charge in [0.15, 0.2) is 0 Å². The van der Waals surface area contributed by atoms with Crippen LogP contribution in [0.2, 0.25) is 0 Å². The van der Waals surface area contributed by atoms with Crippen molar-refractivity contribution in [3.63, 3.8) is 0 Å². The average molecular weight is 316 g/mol. The van der Waals surface area contributed by atoms with Crippen molar-refractivity contribution in [2.45, 2.75) is 64.7 Å². The molecule has 1 aliphatic rings. The number of amides is 2. The Morgan fingerprint density at radius 3 is 2.00 bits per heavy atom. The first-order valence-electron chi connectivity index (χ1n) is 7.46. The summed E-state index contributed by atoms with van der Waals surface area (Å²) in [6.07, 6.45) is -0.622. The molecule has 0 aromatic heterocycles. The van der Waals surface area contributed by atoms with Crippen molar-refractivity contribution < 1.29 is 24.2 Å². The first-order chi connectivity index (χ1) is 9.86. The number of hydrogen-bond acceptors (Lipinski definition) is 5. The lowest BCUT2D eigenvalue weighted by molar-refractivity contribution is -0.0270. The number of carbonyl (C=O) groups excluding carboxylic acids is 2. The molecular formula is C15H28N2O5. The van der Waals surface area contributed by atoms with E-state index in [1.54, 1.807) is 41.5 Å². The van der Waals surface area contributed by atoms with Gasteiger partial charge >= 0.3 is 12.2 Å². The molecule has 0 bridgehead atoms. The van der Waals surface area contributed by atoms with Crippen molar-refractivity contribution in [2.24, 2.45) is 0 Å². The van der Waals surface area contributed by atoms with Crippen LogP contribution in [0.15, 0.2) is 0 Å². The van der Waals surface area contributed by atoms with E-state index < -0.39 is 28.9 Å². The van der Waals surface area contributed by atoms with E-state index in [2.05, 4.69) is 5.32 Å². The van der Waals surface area contributed by atoms with E-state index in [4.69, 9.17) is 9.47 Å². The summed E-state index contributed by atoms with van der Waals surface area (Å²) < 4.78 is 10.5. The highest BCUT2D eigenvalue weighted by Crippen LogP contribution is 2.27. The van der Waals surface area contributed by atoms with E-state index in [0.29, 0.717) is 19.5 Å². The van der Waals surface area contributed by atoms with Crippen molar-refractivity contribution in [1.82, 2.24) is 10.2 Å². The number of alkyl carbamates (subject to hydrolysis) is 1. The van der Waals surface area contributed by atoms with Gasteiger partial charge < -0.3 is 24.8 Å². The molecular weight excluding hydrogens is 288 g/mol. The fourth-order valence-electron chi connectivity index (χ4n) is 2.17. The zero-order valence-electron chi connectivity index (χ0n) is 14.4. The van der Waals surface area contributed by atoms with Crippen LogP contribution in [-0.4, -0.2) is 58.6 Å². The molecule has 2 N–H and O–H groups in total. The van der Waals surface area contributed by atoms with E-state index in [9.17, 15) is 14.7 Å². The maximum atomic E-state index is 11.9. The molecule has 0 aromatic carbocycles. The third-order valence-corrected chi connectivity index (χ3v) is 3.00. The number of carbonyl (C=O) groups is 2. The molecule has 1 aliphatic heterocycles. The molecule has 0 saturated carbocycles. The summed E-state index contributed by atoms with van der Waals surface area (Å²) in [6.45, 7) is 11.2. The Hall–Kier alpha value is -1.50. The van der Waals surface area contributed by atoms with Crippen molar-refractivity contribution >= 4 is 12.2 Å². The topological polar surface area (TPSA) is 88.1 Å². The van der Waals surface area contributed by atoms with Crippen LogP contribution in [-0.2, 0) is 9.47 Å². The Kier molecular flexibility index (Phi) is 5.33. The Morgan fingerprint density at radius 1 is 1.09 bits per heavy atom. The summed E-state index contributed by atoms with van der Waals surface area (Å²) in [4.78, 5) is 25.3. The van der Waals surface area contributed by atoms with E-state index in [1.165, 1.54) is 4.90 Å². The number of nitrogens with zero attached hydrogens (tertiary/aromatic N) is 1. The fraction of sp³-hybridized carbons (Fsp3) is 0.867. The van der Waals surface area contributed by atoms with Gasteiger partial charge in [-0.1, -0.05) is 0 Å². The molecule has 1 heterocycles. The van der Waals surface area contributed by atoms with Crippen LogP contribution in [0.1, 0.15) is 48.0 Å². The Balaban J connectivity index is 2.59. The molecule has 0 unspecified atom stereocenters. The van der Waals surface area contributed by atoms with Crippen molar-refractivity contribution in [3.05, 3.63) is 0 Å². The SMILES string of the molecule is CC(C)(C)OC(=O)NC1(CCO)CN(C(=O)OC(C)(C)C)C1. The monoisotopic (exact) mass is 316 g/mol. The average Bonchev–Trinajstić information content (AvgIpc) is 2.19. The normalized spacial score (nSPS) is 17.5. The lowest BCUT2D eigenvalue weighted by Gasteiger charge is -2.49. The van der Waals surface area contributed by atoms with Gasteiger partial charge in [-0.3, -0.25) is 0 Å². The van der Waals surface area contributed by atoms with Crippen molar-refractivity contribution in [1.29, 1.82) is 0 Å². The summed E-state index contributed by atoms with van der Waals surface area (Å²) in [5.74, 6) is 0. The van der Waals surface area contributed by atoms with Crippen LogP contribution in [0.25, 0.3) is 0 Å². The van der Waals surface area contributed by atoms with Gasteiger partial charge in [0.2, 0.25) is 0 Å². The van der Waals surface area contributed by atoms with Crippen molar-refractivity contribution in [3.8, 4) is 0 Å². The van der Waals surface area contributed by atoms with Crippen LogP contribution < -0.4 is 5.32 Å². The largest absolute Gasteiger partial charge is 0.444 e. The summed E-state index contributed by atoms with van der Waals surface area (Å²) in [7, 11) is 0. The Bertz CT molecular complexity index is 417. The highest BCUT2D eigenvalue weighted by atomic mass is 16.6. The van der Waals surface area contributed by atoms with E-state index in [-0.39, 0.29) is 6.61 Å². The molecule has 0 atom stereocenters. The number of ether oxygens (including phenoxy) is 2. The van der Waals surface area contributed by atoms with Crippen LogP contribution in [0, 0.1) is 0 Å². The minimum Gasteiger partial charge on any atom is -0.444 e. The first-order valence-corrected chi connectivity index (χ1v) is 7.46. The van der Waals surface area contributed by atoms with Gasteiger partial charge in [-0.05, 0) is 48.0 Å². The van der Waals surface area contributed by atoms with Gasteiger partial charge in [0, 0.05) is 19.7 Å². The number of aliphatic hydroxyl groups excluding tert-OH is 1. The van der Waals surface area contributed by atoms with E-state index >= 15 is 0 Å². The molecule has 1 rings (SSSR count). The number of rotatable bonds is 3. The molecule has 128 valence electrons. The standard InChI is InChI=1S/C15H28N2O5/c1-13(2,3)21-11(19)16-15(7-8-18)9-17(10-15)12(20)22-14(4,5)6/h18H,7-10H2,1-6H3,(H,16,19). The van der Waals surface area contributed by atoms with Crippen LogP contribution in [0.4, 0.5) is 9.59 Å². The van der Waals surface area contributed by atoms with Gasteiger partial charge in [0.1, 0.15) is 11.2 Å². The van der Waals surface area contributed by atoms with E-state index in [0.717, 1.165) is 0 Å². The highest BCUT2D eigenvalue weighted by Gasteiger charge is 2.47. The second kappa shape index (κ2) is 6.32. The minimum atomic E-state index is -0.659. The number of hydrogen-bond donors (Lipinski definition) is 2. The second-order valence-corrected chi connectivity index (χ2v) is 7.72. The minimum absolute atomic E-state index is 0.0854. The van der Waals surface area contributed by atoms with Gasteiger partial charge in [0.05, 0.1) is 5.54 Å². The zero-order chi connectivity index (χ0) is 17.2. The molecule has 0 radical (unpaired) electrons. The summed E-state index contributed by atoms with van der Waals surface area (Å²) in [6, 6.07) is 0. The fourth-order valence-corrected chi connectivity index (χ4v) is 2.17. The zero-order valence-corrected chi connectivity index (χ0v) is 14.4. The first kappa shape index (κ1) is 18.5. The molecule has 0 spiro atoms. The molecule has 22 heavy (non-hydrogen) atoms. The third-order valence-electron chi connectivity index (χ3n) is 3.00. The highest BCUT2D eigenvalue weighted by molar-refractivity contribution is 5.72. The van der Waals surface area contributed by atoms with Gasteiger partial charge in [-0.15, -0.1) is 0 Å². The lowest BCUT2D eigenvalue weighted by atomic mass is 9.87. The predicted molar refractivity (Wildman–Crippen MR) is 81.6 cm³/mol. The molecule has 2 amide bonds. The van der Waals surface area contributed by atoms with Gasteiger partial charge in [0.25, 0.3) is 0 Å². The molecule has 1 saturated heterocycles. The number of likely N-dealkylation sites (tertiary alicyclic amines) is 1. The molecule has 0 aliphatic carbocycles. The van der Waals surface area contributed by atoms with Crippen molar-refractivity contribution in [2.75, 3.05) is 19.7 Å². The smallest absolute Gasteiger partial charge is 0.410 e. The summed E-state index contributed by atoms with van der Waals surface area (Å²) >= 11 is 0. The number of aliphatic hydroxyl groups is 1. The molecule has 0 aromatic rings. The lowest BCUT2D eigenvalue weighted by Crippen LogP contribution is -2.72. The van der Waals surface area contributed by atoms with Crippen LogP contribution in [0.3, 0.4) is 0 Å². The second-order valence-electron chi connectivity index (χ2n) is 7.72. The summed E-state index contributed by atoms with van der Waals surface area (Å²) in [5.41, 5.74) is -1.82. The number of nitrogens with one attached hydrogen (secondary N) is 1. The van der Waals surface area contributed by atoms with E-state index in [1.807, 2.05) is 0 Å². The maximum Gasteiger partial charge on any atom is 0.410 e. The van der Waals surface area contributed by atoms with Crippen LogP contribution in [0.5, 0.6) is 0 Å². The summed E-state index contributed by atoms with van der Waals surface area (Å²) in [5, 5.41) is 12.0. The quantitative estimate of drug-likeness (QED) is 0.830. The molecule has 7 heteroatoms. The molecule has 1 fully saturated rings. The third kappa shape index (κ3) is 5.71. The Morgan fingerprint density at radius 2 is 1.59 bits per heavy atom. The maximum absolute atomic E-state index is 11.9. The predicted octanol–water partition coefficient (Wildman–Crippen LogP) is 1.88. The Labute approximate surface area is 131 Å². The van der Waals surface area contributed by atoms with Gasteiger partial charge in [-0.2, -0.15) is 0 Å². The molecule has 7 nitrogen and oxygen atoms in total.